The number of aldehydes is 1. The lowest BCUT2D eigenvalue weighted by molar-refractivity contribution is -0.119. The van der Waals surface area contributed by atoms with Gasteiger partial charge in [0.05, 0.1) is 5.92 Å². The first-order valence-corrected chi connectivity index (χ1v) is 4.85. The van der Waals surface area contributed by atoms with Crippen LogP contribution >= 0.6 is 11.3 Å². The van der Waals surface area contributed by atoms with E-state index in [9.17, 15) is 9.59 Å². The second-order valence-corrected chi connectivity index (χ2v) is 3.67. The number of rotatable bonds is 4. The fraction of sp³-hybridized carbons (Fsp3) is 0.333. The van der Waals surface area contributed by atoms with Gasteiger partial charge >= 0.3 is 0 Å². The van der Waals surface area contributed by atoms with Crippen molar-refractivity contribution < 1.29 is 9.59 Å². The Kier molecular flexibility index (Phi) is 3.64. The van der Waals surface area contributed by atoms with Crippen molar-refractivity contribution >= 4 is 23.5 Å². The number of carbonyl (C=O) groups is 2. The van der Waals surface area contributed by atoms with E-state index in [-0.39, 0.29) is 11.8 Å². The molecule has 0 fully saturated rings. The molecule has 0 aliphatic carbocycles. The van der Waals surface area contributed by atoms with Gasteiger partial charge in [-0.15, -0.1) is 11.3 Å². The van der Waals surface area contributed by atoms with E-state index in [4.69, 9.17) is 0 Å². The number of thiophene rings is 1. The largest absolute Gasteiger partial charge is 0.355 e. The standard InChI is InChI=1S/C9H11NO2S/c1-7(12)10-5-8(6-11)9-3-2-4-13-9/h2-4,6,8H,5H2,1H3,(H,10,12). The third-order valence-corrected chi connectivity index (χ3v) is 2.65. The van der Waals surface area contributed by atoms with Crippen LogP contribution in [0.3, 0.4) is 0 Å². The lowest BCUT2D eigenvalue weighted by Crippen LogP contribution is -2.26. The van der Waals surface area contributed by atoms with Gasteiger partial charge < -0.3 is 10.1 Å². The molecule has 4 heteroatoms. The molecule has 0 bridgehead atoms. The number of hydrogen-bond donors (Lipinski definition) is 1. The van der Waals surface area contributed by atoms with Gasteiger partial charge in [-0.05, 0) is 11.4 Å². The number of nitrogens with one attached hydrogen (secondary N) is 1. The molecule has 1 aromatic heterocycles. The molecular formula is C9H11NO2S. The van der Waals surface area contributed by atoms with Crippen molar-refractivity contribution in [2.45, 2.75) is 12.8 Å². The Hall–Kier alpha value is -1.16. The zero-order chi connectivity index (χ0) is 9.68. The van der Waals surface area contributed by atoms with Gasteiger partial charge in [-0.2, -0.15) is 0 Å². The van der Waals surface area contributed by atoms with Crippen LogP contribution in [0.1, 0.15) is 17.7 Å². The van der Waals surface area contributed by atoms with Crippen LogP contribution in [0.15, 0.2) is 17.5 Å². The first-order valence-electron chi connectivity index (χ1n) is 3.97. The fourth-order valence-corrected chi connectivity index (χ4v) is 1.76. The maximum Gasteiger partial charge on any atom is 0.216 e. The Bertz CT molecular complexity index is 282. The number of amides is 1. The molecule has 1 N–H and O–H groups in total. The van der Waals surface area contributed by atoms with E-state index in [0.29, 0.717) is 6.54 Å². The number of carbonyl (C=O) groups excluding carboxylic acids is 2. The molecule has 3 nitrogen and oxygen atoms in total. The molecule has 0 aliphatic heterocycles. The maximum absolute atomic E-state index is 10.7. The van der Waals surface area contributed by atoms with E-state index in [1.165, 1.54) is 18.3 Å². The average molecular weight is 197 g/mol. The minimum Gasteiger partial charge on any atom is -0.355 e. The van der Waals surface area contributed by atoms with Crippen LogP contribution in [0.5, 0.6) is 0 Å². The molecule has 70 valence electrons. The van der Waals surface area contributed by atoms with Crippen molar-refractivity contribution in [3.8, 4) is 0 Å². The molecule has 1 amide bonds. The summed E-state index contributed by atoms with van der Waals surface area (Å²) in [5.74, 6) is -0.313. The summed E-state index contributed by atoms with van der Waals surface area (Å²) in [6.45, 7) is 1.83. The molecule has 1 rings (SSSR count). The number of hydrogen-bond acceptors (Lipinski definition) is 3. The second kappa shape index (κ2) is 4.77. The summed E-state index contributed by atoms with van der Waals surface area (Å²) >= 11 is 1.52. The summed E-state index contributed by atoms with van der Waals surface area (Å²) < 4.78 is 0. The predicted octanol–water partition coefficient (Wildman–Crippen LogP) is 1.17. The molecule has 0 aromatic carbocycles. The van der Waals surface area contributed by atoms with Crippen molar-refractivity contribution in [2.24, 2.45) is 0 Å². The van der Waals surface area contributed by atoms with Crippen LogP contribution in [0, 0.1) is 0 Å². The normalized spacial score (nSPS) is 12.1. The summed E-state index contributed by atoms with van der Waals surface area (Å²) in [7, 11) is 0. The Morgan fingerprint density at radius 1 is 1.77 bits per heavy atom. The molecule has 0 aliphatic rings. The van der Waals surface area contributed by atoms with Crippen molar-refractivity contribution in [1.29, 1.82) is 0 Å². The summed E-state index contributed by atoms with van der Waals surface area (Å²) in [4.78, 5) is 22.3. The average Bonchev–Trinajstić information content (AvgIpc) is 2.58. The smallest absolute Gasteiger partial charge is 0.216 e. The maximum atomic E-state index is 10.7. The van der Waals surface area contributed by atoms with Crippen LogP contribution in [0.25, 0.3) is 0 Å². The van der Waals surface area contributed by atoms with E-state index in [0.717, 1.165) is 11.2 Å². The van der Waals surface area contributed by atoms with E-state index in [1.807, 2.05) is 17.5 Å². The van der Waals surface area contributed by atoms with Gasteiger partial charge in [0.25, 0.3) is 0 Å². The van der Waals surface area contributed by atoms with E-state index >= 15 is 0 Å². The summed E-state index contributed by atoms with van der Waals surface area (Å²) in [6.07, 6.45) is 0.863. The van der Waals surface area contributed by atoms with Crippen LogP contribution in [0.2, 0.25) is 0 Å². The van der Waals surface area contributed by atoms with Gasteiger partial charge in [0.15, 0.2) is 0 Å². The first-order chi connectivity index (χ1) is 6.24. The third-order valence-electron chi connectivity index (χ3n) is 1.64. The SMILES string of the molecule is CC(=O)NCC(C=O)c1cccs1. The molecule has 0 saturated heterocycles. The highest BCUT2D eigenvalue weighted by Crippen LogP contribution is 2.18. The van der Waals surface area contributed by atoms with Gasteiger partial charge in [-0.3, -0.25) is 4.79 Å². The molecular weight excluding hydrogens is 186 g/mol. The third kappa shape index (κ3) is 2.99. The summed E-state index contributed by atoms with van der Waals surface area (Å²) in [6, 6.07) is 3.79. The van der Waals surface area contributed by atoms with Gasteiger partial charge in [-0.1, -0.05) is 6.07 Å². The quantitative estimate of drug-likeness (QED) is 0.736. The van der Waals surface area contributed by atoms with Gasteiger partial charge in [0.1, 0.15) is 6.29 Å². The van der Waals surface area contributed by atoms with Gasteiger partial charge in [-0.25, -0.2) is 0 Å². The lowest BCUT2D eigenvalue weighted by Gasteiger charge is -2.07. The highest BCUT2D eigenvalue weighted by atomic mass is 32.1. The minimum absolute atomic E-state index is 0.108. The molecule has 1 unspecified atom stereocenters. The van der Waals surface area contributed by atoms with Crippen molar-refractivity contribution in [3.63, 3.8) is 0 Å². The van der Waals surface area contributed by atoms with E-state index in [1.54, 1.807) is 0 Å². The van der Waals surface area contributed by atoms with Crippen LogP contribution in [0.4, 0.5) is 0 Å². The zero-order valence-electron chi connectivity index (χ0n) is 7.32. The van der Waals surface area contributed by atoms with Gasteiger partial charge in [0, 0.05) is 18.3 Å². The van der Waals surface area contributed by atoms with Crippen molar-refractivity contribution in [3.05, 3.63) is 22.4 Å². The Labute approximate surface area is 80.8 Å². The summed E-state index contributed by atoms with van der Waals surface area (Å²) in [5.41, 5.74) is 0. The molecule has 1 heterocycles. The predicted molar refractivity (Wildman–Crippen MR) is 51.8 cm³/mol. The summed E-state index contributed by atoms with van der Waals surface area (Å²) in [5, 5.41) is 4.54. The van der Waals surface area contributed by atoms with Crippen molar-refractivity contribution in [2.75, 3.05) is 6.54 Å². The molecule has 0 radical (unpaired) electrons. The highest BCUT2D eigenvalue weighted by Gasteiger charge is 2.11. The Morgan fingerprint density at radius 2 is 2.54 bits per heavy atom. The zero-order valence-corrected chi connectivity index (χ0v) is 8.14. The topological polar surface area (TPSA) is 46.2 Å². The minimum atomic E-state index is -0.205. The fourth-order valence-electron chi connectivity index (χ4n) is 0.972. The van der Waals surface area contributed by atoms with Crippen molar-refractivity contribution in [1.82, 2.24) is 5.32 Å². The molecule has 0 saturated carbocycles. The van der Waals surface area contributed by atoms with E-state index < -0.39 is 0 Å². The van der Waals surface area contributed by atoms with Gasteiger partial charge in [0.2, 0.25) is 5.91 Å². The molecule has 13 heavy (non-hydrogen) atoms. The highest BCUT2D eigenvalue weighted by molar-refractivity contribution is 7.10. The molecule has 1 aromatic rings. The van der Waals surface area contributed by atoms with Crippen LogP contribution < -0.4 is 5.32 Å². The molecule has 0 spiro atoms. The monoisotopic (exact) mass is 197 g/mol. The van der Waals surface area contributed by atoms with Crippen LogP contribution in [-0.2, 0) is 9.59 Å². The van der Waals surface area contributed by atoms with Crippen LogP contribution in [-0.4, -0.2) is 18.7 Å². The lowest BCUT2D eigenvalue weighted by atomic mass is 10.1. The van der Waals surface area contributed by atoms with E-state index in [2.05, 4.69) is 5.32 Å². The molecule has 1 atom stereocenters. The Balaban J connectivity index is 2.54. The Morgan fingerprint density at radius 3 is 3.00 bits per heavy atom. The first kappa shape index (κ1) is 9.92. The second-order valence-electron chi connectivity index (χ2n) is 2.70.